The maximum atomic E-state index is 13.6. The van der Waals surface area contributed by atoms with Crippen LogP contribution in [0.5, 0.6) is 0 Å². The molecule has 0 bridgehead atoms. The van der Waals surface area contributed by atoms with Crippen molar-refractivity contribution in [3.63, 3.8) is 0 Å². The number of fused-ring (bicyclic) bond motifs is 1. The molecule has 39 heavy (non-hydrogen) atoms. The quantitative estimate of drug-likeness (QED) is 0.292. The fourth-order valence-corrected chi connectivity index (χ4v) is 6.02. The maximum absolute atomic E-state index is 13.6. The number of piperazine rings is 1. The van der Waals surface area contributed by atoms with E-state index in [1.807, 2.05) is 29.8 Å². The number of tetrazole rings is 1. The van der Waals surface area contributed by atoms with Gasteiger partial charge in [0.25, 0.3) is 11.2 Å². The molecular formula is C28H32N8O3. The number of aryl methyl sites for hydroxylation is 1. The molecule has 0 amide bonds. The van der Waals surface area contributed by atoms with Gasteiger partial charge in [-0.3, -0.25) is 19.8 Å². The monoisotopic (exact) mass is 528 g/mol. The summed E-state index contributed by atoms with van der Waals surface area (Å²) in [4.78, 5) is 31.8. The third-order valence-electron chi connectivity index (χ3n) is 8.11. The molecule has 0 spiro atoms. The predicted molar refractivity (Wildman–Crippen MR) is 148 cm³/mol. The van der Waals surface area contributed by atoms with Crippen LogP contribution in [-0.2, 0) is 0 Å². The zero-order valence-electron chi connectivity index (χ0n) is 22.0. The number of aromatic amines is 1. The number of benzene rings is 2. The lowest BCUT2D eigenvalue weighted by Gasteiger charge is -2.40. The molecule has 1 aliphatic carbocycles. The van der Waals surface area contributed by atoms with Crippen molar-refractivity contribution in [2.75, 3.05) is 31.1 Å². The SMILES string of the molecule is Cc1ccc2cc([C@H](c3nnnn3C3CCCCC3)N3CCN(c4ccc([N+](=O)[O-])cc4)CC3)c(=O)[nH]c2c1. The van der Waals surface area contributed by atoms with E-state index in [0.717, 1.165) is 47.8 Å². The number of rotatable bonds is 6. The standard InChI is InChI=1S/C28H32N8O3/c1-19-7-8-20-18-24(28(37)29-25(20)17-19)26(27-30-31-32-35(27)22-5-3-2-4-6-22)34-15-13-33(14-16-34)21-9-11-23(12-10-21)36(38)39/h7-12,17-18,22,26H,2-6,13-16H2,1H3,(H,29,37)/t26-/m1/s1. The Kier molecular flexibility index (Phi) is 6.82. The van der Waals surface area contributed by atoms with Gasteiger partial charge in [0.2, 0.25) is 0 Å². The number of nitrogens with zero attached hydrogens (tertiary/aromatic N) is 7. The molecule has 11 nitrogen and oxygen atoms in total. The van der Waals surface area contributed by atoms with Crippen LogP contribution in [0, 0.1) is 17.0 Å². The molecule has 2 aromatic heterocycles. The summed E-state index contributed by atoms with van der Waals surface area (Å²) in [5, 5.41) is 25.1. The summed E-state index contributed by atoms with van der Waals surface area (Å²) < 4.78 is 1.96. The molecule has 1 saturated heterocycles. The lowest BCUT2D eigenvalue weighted by atomic mass is 9.95. The summed E-state index contributed by atoms with van der Waals surface area (Å²) in [5.74, 6) is 0.711. The summed E-state index contributed by atoms with van der Waals surface area (Å²) >= 11 is 0. The Morgan fingerprint density at radius 3 is 2.46 bits per heavy atom. The van der Waals surface area contributed by atoms with Crippen LogP contribution in [0.4, 0.5) is 11.4 Å². The van der Waals surface area contributed by atoms with E-state index in [9.17, 15) is 14.9 Å². The van der Waals surface area contributed by atoms with Gasteiger partial charge < -0.3 is 9.88 Å². The first kappa shape index (κ1) is 25.2. The summed E-state index contributed by atoms with van der Waals surface area (Å²) in [6, 6.07) is 14.6. The van der Waals surface area contributed by atoms with E-state index in [-0.39, 0.29) is 22.2 Å². The van der Waals surface area contributed by atoms with Crippen LogP contribution in [0.25, 0.3) is 10.9 Å². The van der Waals surface area contributed by atoms with Crippen molar-refractivity contribution in [2.24, 2.45) is 0 Å². The fourth-order valence-electron chi connectivity index (χ4n) is 6.02. The van der Waals surface area contributed by atoms with Gasteiger partial charge >= 0.3 is 0 Å². The lowest BCUT2D eigenvalue weighted by Crippen LogP contribution is -2.49. The number of H-pyrrole nitrogens is 1. The molecule has 1 saturated carbocycles. The number of pyridine rings is 1. The molecule has 1 aliphatic heterocycles. The predicted octanol–water partition coefficient (Wildman–Crippen LogP) is 4.15. The molecule has 3 heterocycles. The summed E-state index contributed by atoms with van der Waals surface area (Å²) in [6.45, 7) is 4.81. The Hall–Kier alpha value is -4.12. The third kappa shape index (κ3) is 5.01. The van der Waals surface area contributed by atoms with Crippen molar-refractivity contribution in [2.45, 2.75) is 51.1 Å². The van der Waals surface area contributed by atoms with Crippen molar-refractivity contribution in [3.8, 4) is 0 Å². The summed E-state index contributed by atoms with van der Waals surface area (Å²) in [7, 11) is 0. The lowest BCUT2D eigenvalue weighted by molar-refractivity contribution is -0.384. The Morgan fingerprint density at radius 2 is 1.74 bits per heavy atom. The van der Waals surface area contributed by atoms with Crippen molar-refractivity contribution in [1.82, 2.24) is 30.1 Å². The Bertz CT molecular complexity index is 1530. The zero-order chi connectivity index (χ0) is 26.9. The summed E-state index contributed by atoms with van der Waals surface area (Å²) in [5.41, 5.74) is 3.44. The molecule has 1 N–H and O–H groups in total. The first-order valence-electron chi connectivity index (χ1n) is 13.6. The first-order chi connectivity index (χ1) is 19.0. The molecule has 2 fully saturated rings. The van der Waals surface area contributed by atoms with Gasteiger partial charge in [-0.05, 0) is 65.4 Å². The molecule has 1 atom stereocenters. The van der Waals surface area contributed by atoms with Crippen LogP contribution >= 0.6 is 0 Å². The second-order valence-electron chi connectivity index (χ2n) is 10.6. The van der Waals surface area contributed by atoms with Crippen molar-refractivity contribution in [1.29, 1.82) is 0 Å². The average molecular weight is 529 g/mol. The van der Waals surface area contributed by atoms with Gasteiger partial charge in [-0.25, -0.2) is 4.68 Å². The minimum Gasteiger partial charge on any atom is -0.369 e. The number of nitro groups is 1. The molecule has 2 aromatic carbocycles. The Balaban J connectivity index is 1.35. The van der Waals surface area contributed by atoms with Crippen LogP contribution in [0.3, 0.4) is 0 Å². The van der Waals surface area contributed by atoms with Gasteiger partial charge in [0.15, 0.2) is 5.82 Å². The number of hydrogen-bond acceptors (Lipinski definition) is 8. The van der Waals surface area contributed by atoms with Gasteiger partial charge in [-0.1, -0.05) is 31.4 Å². The first-order valence-corrected chi connectivity index (χ1v) is 13.6. The highest BCUT2D eigenvalue weighted by Gasteiger charge is 2.34. The minimum atomic E-state index is -0.393. The highest BCUT2D eigenvalue weighted by atomic mass is 16.6. The van der Waals surface area contributed by atoms with Gasteiger partial charge in [-0.15, -0.1) is 5.10 Å². The number of nitrogens with one attached hydrogen (secondary N) is 1. The van der Waals surface area contributed by atoms with E-state index in [4.69, 9.17) is 0 Å². The summed E-state index contributed by atoms with van der Waals surface area (Å²) in [6.07, 6.45) is 5.60. The maximum Gasteiger partial charge on any atom is 0.269 e. The van der Waals surface area contributed by atoms with E-state index in [1.165, 1.54) is 6.42 Å². The smallest absolute Gasteiger partial charge is 0.269 e. The number of hydrogen-bond donors (Lipinski definition) is 1. The van der Waals surface area contributed by atoms with Crippen molar-refractivity contribution < 1.29 is 4.92 Å². The number of nitro benzene ring substituents is 1. The van der Waals surface area contributed by atoms with Gasteiger partial charge in [-0.2, -0.15) is 0 Å². The van der Waals surface area contributed by atoms with Crippen LogP contribution in [0.15, 0.2) is 53.3 Å². The topological polar surface area (TPSA) is 126 Å². The van der Waals surface area contributed by atoms with E-state index in [0.29, 0.717) is 37.6 Å². The van der Waals surface area contributed by atoms with Gasteiger partial charge in [0.1, 0.15) is 6.04 Å². The van der Waals surface area contributed by atoms with E-state index in [1.54, 1.807) is 24.3 Å². The van der Waals surface area contributed by atoms with E-state index in [2.05, 4.69) is 36.4 Å². The number of non-ortho nitro benzene ring substituents is 1. The van der Waals surface area contributed by atoms with Gasteiger partial charge in [0.05, 0.1) is 11.0 Å². The second-order valence-corrected chi connectivity index (χ2v) is 10.6. The molecular weight excluding hydrogens is 496 g/mol. The van der Waals surface area contributed by atoms with Crippen molar-refractivity contribution in [3.05, 3.63) is 86.0 Å². The molecule has 6 rings (SSSR count). The molecule has 2 aliphatic rings. The molecule has 202 valence electrons. The molecule has 4 aromatic rings. The number of aromatic nitrogens is 5. The van der Waals surface area contributed by atoms with Crippen LogP contribution in [-0.4, -0.2) is 61.2 Å². The molecule has 0 unspecified atom stereocenters. The van der Waals surface area contributed by atoms with Crippen LogP contribution in [0.2, 0.25) is 0 Å². The highest BCUT2D eigenvalue weighted by Crippen LogP contribution is 2.34. The molecule has 11 heteroatoms. The zero-order valence-corrected chi connectivity index (χ0v) is 22.0. The highest BCUT2D eigenvalue weighted by molar-refractivity contribution is 5.79. The Labute approximate surface area is 225 Å². The average Bonchev–Trinajstić information content (AvgIpc) is 3.44. The number of anilines is 1. The third-order valence-corrected chi connectivity index (χ3v) is 8.11. The van der Waals surface area contributed by atoms with Crippen LogP contribution in [0.1, 0.15) is 61.1 Å². The second kappa shape index (κ2) is 10.6. The molecule has 0 radical (unpaired) electrons. The largest absolute Gasteiger partial charge is 0.369 e. The van der Waals surface area contributed by atoms with E-state index >= 15 is 0 Å². The van der Waals surface area contributed by atoms with E-state index < -0.39 is 6.04 Å². The minimum absolute atomic E-state index is 0.0812. The normalized spacial score (nSPS) is 17.9. The Morgan fingerprint density at radius 1 is 1.00 bits per heavy atom. The fraction of sp³-hybridized carbons (Fsp3) is 0.429. The van der Waals surface area contributed by atoms with Crippen molar-refractivity contribution >= 4 is 22.3 Å². The van der Waals surface area contributed by atoms with Crippen LogP contribution < -0.4 is 10.5 Å². The van der Waals surface area contributed by atoms with Gasteiger partial charge in [0, 0.05) is 55.1 Å².